The van der Waals surface area contributed by atoms with E-state index in [1.807, 2.05) is 0 Å². The molecular formula is C17H23Cl2N5O3. The van der Waals surface area contributed by atoms with Crippen LogP contribution >= 0.6 is 23.2 Å². The van der Waals surface area contributed by atoms with E-state index in [1.165, 1.54) is 4.90 Å². The van der Waals surface area contributed by atoms with Gasteiger partial charge in [0, 0.05) is 58.0 Å². The van der Waals surface area contributed by atoms with Crippen molar-refractivity contribution < 1.29 is 14.7 Å². The molecule has 0 aromatic heterocycles. The largest absolute Gasteiger partial charge is 0.465 e. The van der Waals surface area contributed by atoms with Crippen LogP contribution in [0.25, 0.3) is 0 Å². The first-order chi connectivity index (χ1) is 12.9. The fraction of sp³-hybridized carbons (Fsp3) is 0.529. The van der Waals surface area contributed by atoms with E-state index in [2.05, 4.69) is 15.5 Å². The van der Waals surface area contributed by atoms with E-state index in [4.69, 9.17) is 23.2 Å². The van der Waals surface area contributed by atoms with Crippen LogP contribution in [0.4, 0.5) is 15.3 Å². The Balaban J connectivity index is 1.48. The standard InChI is InChI=1S/C17H23Cl2N5O3/c18-14-2-1-12(9-15(14)19)21-16(25)23-7-5-22(6-8-23)11-13-10-20-3-4-24(13)17(26)27/h1-2,9,13,20H,3-8,10-11H2,(H,21,25)(H,26,27). The molecule has 3 rings (SSSR count). The number of amides is 3. The maximum atomic E-state index is 12.4. The zero-order valence-electron chi connectivity index (χ0n) is 14.8. The van der Waals surface area contributed by atoms with E-state index in [-0.39, 0.29) is 12.1 Å². The highest BCUT2D eigenvalue weighted by Gasteiger charge is 2.29. The van der Waals surface area contributed by atoms with E-state index >= 15 is 0 Å². The molecule has 2 aliphatic heterocycles. The van der Waals surface area contributed by atoms with Crippen molar-refractivity contribution in [1.29, 1.82) is 0 Å². The van der Waals surface area contributed by atoms with Gasteiger partial charge >= 0.3 is 12.1 Å². The number of nitrogens with zero attached hydrogens (tertiary/aromatic N) is 3. The highest BCUT2D eigenvalue weighted by molar-refractivity contribution is 6.42. The highest BCUT2D eigenvalue weighted by atomic mass is 35.5. The van der Waals surface area contributed by atoms with Crippen molar-refractivity contribution in [3.63, 3.8) is 0 Å². The Hall–Kier alpha value is -1.74. The van der Waals surface area contributed by atoms with Crippen molar-refractivity contribution in [1.82, 2.24) is 20.0 Å². The van der Waals surface area contributed by atoms with Crippen molar-refractivity contribution in [3.05, 3.63) is 28.2 Å². The number of benzene rings is 1. The zero-order chi connectivity index (χ0) is 19.4. The van der Waals surface area contributed by atoms with Crippen LogP contribution in [0.5, 0.6) is 0 Å². The van der Waals surface area contributed by atoms with Crippen LogP contribution in [0.2, 0.25) is 10.0 Å². The Morgan fingerprint density at radius 2 is 1.89 bits per heavy atom. The summed E-state index contributed by atoms with van der Waals surface area (Å²) >= 11 is 11.9. The number of nitrogens with one attached hydrogen (secondary N) is 2. The third kappa shape index (κ3) is 5.16. The highest BCUT2D eigenvalue weighted by Crippen LogP contribution is 2.25. The zero-order valence-corrected chi connectivity index (χ0v) is 16.3. The minimum atomic E-state index is -0.874. The van der Waals surface area contributed by atoms with Crippen molar-refractivity contribution >= 4 is 41.0 Å². The van der Waals surface area contributed by atoms with Gasteiger partial charge in [-0.25, -0.2) is 9.59 Å². The molecular weight excluding hydrogens is 393 g/mol. The minimum Gasteiger partial charge on any atom is -0.465 e. The molecule has 148 valence electrons. The summed E-state index contributed by atoms with van der Waals surface area (Å²) in [5.74, 6) is 0. The first-order valence-electron chi connectivity index (χ1n) is 8.87. The number of piperazine rings is 2. The molecule has 2 saturated heterocycles. The molecule has 1 atom stereocenters. The molecule has 2 fully saturated rings. The molecule has 0 bridgehead atoms. The van der Waals surface area contributed by atoms with Crippen molar-refractivity contribution in [2.75, 3.05) is 57.7 Å². The molecule has 2 aliphatic rings. The second kappa shape index (κ2) is 8.97. The number of carbonyl (C=O) groups is 2. The lowest BCUT2D eigenvalue weighted by Gasteiger charge is -2.40. The van der Waals surface area contributed by atoms with E-state index in [9.17, 15) is 14.7 Å². The third-order valence-corrected chi connectivity index (χ3v) is 5.63. The molecule has 3 N–H and O–H groups in total. The van der Waals surface area contributed by atoms with E-state index in [0.29, 0.717) is 68.1 Å². The van der Waals surface area contributed by atoms with Gasteiger partial charge in [-0.15, -0.1) is 0 Å². The van der Waals surface area contributed by atoms with Gasteiger partial charge in [0.1, 0.15) is 0 Å². The minimum absolute atomic E-state index is 0.0622. The van der Waals surface area contributed by atoms with E-state index in [0.717, 1.165) is 0 Å². The number of hydrogen-bond donors (Lipinski definition) is 3. The van der Waals surface area contributed by atoms with Gasteiger partial charge < -0.3 is 25.5 Å². The number of halogens is 2. The van der Waals surface area contributed by atoms with Crippen LogP contribution < -0.4 is 10.6 Å². The Kier molecular flexibility index (Phi) is 6.64. The lowest BCUT2D eigenvalue weighted by atomic mass is 10.1. The second-order valence-electron chi connectivity index (χ2n) is 6.68. The fourth-order valence-electron chi connectivity index (χ4n) is 3.38. The lowest BCUT2D eigenvalue weighted by molar-refractivity contribution is 0.0796. The number of hydrogen-bond acceptors (Lipinski definition) is 4. The summed E-state index contributed by atoms with van der Waals surface area (Å²) in [6.07, 6.45) is -0.874. The summed E-state index contributed by atoms with van der Waals surface area (Å²) in [7, 11) is 0. The van der Waals surface area contributed by atoms with Gasteiger partial charge in [0.05, 0.1) is 16.1 Å². The number of carboxylic acid groups (broad SMARTS) is 1. The molecule has 1 unspecified atom stereocenters. The van der Waals surface area contributed by atoms with E-state index in [1.54, 1.807) is 23.1 Å². The predicted octanol–water partition coefficient (Wildman–Crippen LogP) is 2.09. The maximum absolute atomic E-state index is 12.4. The summed E-state index contributed by atoms with van der Waals surface area (Å²) in [6, 6.07) is 4.73. The summed E-state index contributed by atoms with van der Waals surface area (Å²) in [5, 5.41) is 16.2. The number of rotatable bonds is 3. The van der Waals surface area contributed by atoms with Crippen molar-refractivity contribution in [2.45, 2.75) is 6.04 Å². The average Bonchev–Trinajstić information content (AvgIpc) is 2.65. The quantitative estimate of drug-likeness (QED) is 0.703. The molecule has 0 radical (unpaired) electrons. The lowest BCUT2D eigenvalue weighted by Crippen LogP contribution is -2.59. The van der Waals surface area contributed by atoms with Crippen LogP contribution in [0.1, 0.15) is 0 Å². The van der Waals surface area contributed by atoms with Crippen LogP contribution in [0.15, 0.2) is 18.2 Å². The van der Waals surface area contributed by atoms with Gasteiger partial charge in [-0.2, -0.15) is 0 Å². The molecule has 2 heterocycles. The van der Waals surface area contributed by atoms with Gasteiger partial charge in [0.2, 0.25) is 0 Å². The number of carbonyl (C=O) groups excluding carboxylic acids is 1. The topological polar surface area (TPSA) is 88.2 Å². The molecule has 27 heavy (non-hydrogen) atoms. The van der Waals surface area contributed by atoms with Crippen molar-refractivity contribution in [3.8, 4) is 0 Å². The van der Waals surface area contributed by atoms with Crippen LogP contribution in [-0.2, 0) is 0 Å². The molecule has 0 spiro atoms. The van der Waals surface area contributed by atoms with Crippen LogP contribution in [-0.4, -0.2) is 90.3 Å². The van der Waals surface area contributed by atoms with Crippen LogP contribution in [0, 0.1) is 0 Å². The van der Waals surface area contributed by atoms with Gasteiger partial charge in [0.25, 0.3) is 0 Å². The smallest absolute Gasteiger partial charge is 0.407 e. The first-order valence-corrected chi connectivity index (χ1v) is 9.63. The molecule has 3 amide bonds. The molecule has 10 heteroatoms. The summed E-state index contributed by atoms with van der Waals surface area (Å²) < 4.78 is 0. The monoisotopic (exact) mass is 415 g/mol. The Labute approximate surface area is 168 Å². The Bertz CT molecular complexity index is 697. The van der Waals surface area contributed by atoms with Crippen molar-refractivity contribution in [2.24, 2.45) is 0 Å². The molecule has 0 aliphatic carbocycles. The Morgan fingerprint density at radius 3 is 2.56 bits per heavy atom. The fourth-order valence-corrected chi connectivity index (χ4v) is 3.68. The maximum Gasteiger partial charge on any atom is 0.407 e. The molecule has 8 nitrogen and oxygen atoms in total. The normalized spacial score (nSPS) is 21.2. The average molecular weight is 416 g/mol. The van der Waals surface area contributed by atoms with Gasteiger partial charge in [-0.3, -0.25) is 4.90 Å². The molecule has 1 aromatic rings. The summed E-state index contributed by atoms with van der Waals surface area (Å²) in [4.78, 5) is 29.2. The molecule has 0 saturated carbocycles. The second-order valence-corrected chi connectivity index (χ2v) is 7.50. The SMILES string of the molecule is O=C(Nc1ccc(Cl)c(Cl)c1)N1CCN(CC2CNCCN2C(=O)O)CC1. The van der Waals surface area contributed by atoms with Gasteiger partial charge in [-0.1, -0.05) is 23.2 Å². The van der Waals surface area contributed by atoms with E-state index < -0.39 is 6.09 Å². The predicted molar refractivity (Wildman–Crippen MR) is 105 cm³/mol. The Morgan fingerprint density at radius 1 is 1.15 bits per heavy atom. The van der Waals surface area contributed by atoms with Gasteiger partial charge in [-0.05, 0) is 18.2 Å². The van der Waals surface area contributed by atoms with Gasteiger partial charge in [0.15, 0.2) is 0 Å². The summed E-state index contributed by atoms with van der Waals surface area (Å²) in [5.41, 5.74) is 0.599. The molecule has 1 aromatic carbocycles. The summed E-state index contributed by atoms with van der Waals surface area (Å²) in [6.45, 7) is 5.10. The number of anilines is 1. The third-order valence-electron chi connectivity index (χ3n) is 4.90. The first kappa shape index (κ1) is 20.0. The number of urea groups is 1. The van der Waals surface area contributed by atoms with Crippen LogP contribution in [0.3, 0.4) is 0 Å².